The van der Waals surface area contributed by atoms with Gasteiger partial charge in [-0.05, 0) is 15.9 Å². The van der Waals surface area contributed by atoms with E-state index in [2.05, 4.69) is 25.9 Å². The molecule has 2 aliphatic heterocycles. The molecule has 0 N–H and O–H groups in total. The van der Waals surface area contributed by atoms with Crippen molar-refractivity contribution in [2.45, 2.75) is 4.90 Å². The summed E-state index contributed by atoms with van der Waals surface area (Å²) in [6, 6.07) is 3.28. The summed E-state index contributed by atoms with van der Waals surface area (Å²) in [5, 5.41) is 0. The van der Waals surface area contributed by atoms with Crippen LogP contribution in [0.2, 0.25) is 0 Å². The summed E-state index contributed by atoms with van der Waals surface area (Å²) in [6.45, 7) is 2.05. The highest BCUT2D eigenvalue weighted by Gasteiger charge is 2.17. The third-order valence-corrected chi connectivity index (χ3v) is 4.68. The monoisotopic (exact) mass is 430 g/mol. The van der Waals surface area contributed by atoms with Crippen molar-refractivity contribution in [2.24, 2.45) is 0 Å². The van der Waals surface area contributed by atoms with Crippen LogP contribution in [0.3, 0.4) is 0 Å². The van der Waals surface area contributed by atoms with Crippen LogP contribution in [0.25, 0.3) is 0 Å². The van der Waals surface area contributed by atoms with Gasteiger partial charge in [0.05, 0.1) is 4.90 Å². The lowest BCUT2D eigenvalue weighted by molar-refractivity contribution is 0.163. The highest BCUT2D eigenvalue weighted by molar-refractivity contribution is 9.10. The van der Waals surface area contributed by atoms with Crippen LogP contribution in [0.1, 0.15) is 0 Å². The van der Waals surface area contributed by atoms with E-state index in [1.165, 1.54) is 12.3 Å². The number of halogens is 1. The standard InChI is InChI=1S/C8H9NO4S.C7H6BrNO2/c1-14(10,11)6-4-7-8(9-5-6)13-3-2-12-7;8-5-3-6-7(9-4-5)11-2-1-10-6/h4-5H,2-3H2,1H3;3-4H,1-2H2. The molecule has 10 heteroatoms. The van der Waals surface area contributed by atoms with E-state index < -0.39 is 9.84 Å². The van der Waals surface area contributed by atoms with Gasteiger partial charge in [-0.25, -0.2) is 18.4 Å². The Kier molecular flexibility index (Phi) is 5.28. The lowest BCUT2D eigenvalue weighted by atomic mass is 10.4. The molecule has 0 bridgehead atoms. The smallest absolute Gasteiger partial charge is 0.257 e. The zero-order chi connectivity index (χ0) is 17.9. The number of rotatable bonds is 1. The lowest BCUT2D eigenvalue weighted by Gasteiger charge is -2.17. The minimum atomic E-state index is -3.23. The van der Waals surface area contributed by atoms with Gasteiger partial charge in [-0.2, -0.15) is 0 Å². The highest BCUT2D eigenvalue weighted by Crippen LogP contribution is 2.30. The molecule has 134 valence electrons. The molecule has 2 aliphatic rings. The van der Waals surface area contributed by atoms with Crippen LogP contribution in [0.4, 0.5) is 0 Å². The van der Waals surface area contributed by atoms with Crippen LogP contribution in [-0.4, -0.2) is 51.1 Å². The number of hydrogen-bond donors (Lipinski definition) is 0. The molecule has 2 aromatic rings. The third kappa shape index (κ3) is 4.51. The zero-order valence-corrected chi connectivity index (χ0v) is 15.7. The molecule has 8 nitrogen and oxygen atoms in total. The van der Waals surface area contributed by atoms with E-state index in [1.807, 2.05) is 6.07 Å². The van der Waals surface area contributed by atoms with E-state index in [1.54, 1.807) is 6.20 Å². The van der Waals surface area contributed by atoms with Gasteiger partial charge in [-0.1, -0.05) is 0 Å². The van der Waals surface area contributed by atoms with Gasteiger partial charge in [0.2, 0.25) is 0 Å². The van der Waals surface area contributed by atoms with E-state index in [0.29, 0.717) is 49.7 Å². The quantitative estimate of drug-likeness (QED) is 0.676. The Morgan fingerprint density at radius 2 is 1.40 bits per heavy atom. The first kappa shape index (κ1) is 17.7. The van der Waals surface area contributed by atoms with Gasteiger partial charge in [0, 0.05) is 35.3 Å². The Balaban J connectivity index is 0.000000150. The van der Waals surface area contributed by atoms with E-state index in [-0.39, 0.29) is 4.90 Å². The molecule has 4 rings (SSSR count). The summed E-state index contributed by atoms with van der Waals surface area (Å²) < 4.78 is 44.1. The molecule has 0 amide bonds. The SMILES string of the molecule is Brc1cnc2c(c1)OCCO2.CS(=O)(=O)c1cnc2c(c1)OCCO2. The van der Waals surface area contributed by atoms with Crippen molar-refractivity contribution >= 4 is 25.8 Å². The fraction of sp³-hybridized carbons (Fsp3) is 0.333. The maximum Gasteiger partial charge on any atom is 0.257 e. The van der Waals surface area contributed by atoms with Gasteiger partial charge < -0.3 is 18.9 Å². The van der Waals surface area contributed by atoms with E-state index >= 15 is 0 Å². The zero-order valence-electron chi connectivity index (χ0n) is 13.3. The van der Waals surface area contributed by atoms with Crippen molar-refractivity contribution in [1.82, 2.24) is 9.97 Å². The summed E-state index contributed by atoms with van der Waals surface area (Å²) >= 11 is 3.29. The summed E-state index contributed by atoms with van der Waals surface area (Å²) in [5.74, 6) is 2.04. The van der Waals surface area contributed by atoms with Crippen molar-refractivity contribution in [1.29, 1.82) is 0 Å². The number of sulfone groups is 1. The molecule has 2 aromatic heterocycles. The number of fused-ring (bicyclic) bond motifs is 2. The van der Waals surface area contributed by atoms with E-state index in [9.17, 15) is 8.42 Å². The number of hydrogen-bond acceptors (Lipinski definition) is 8. The first-order valence-electron chi connectivity index (χ1n) is 7.30. The Labute approximate surface area is 153 Å². The number of pyridine rings is 2. The molecular weight excluding hydrogens is 416 g/mol. The largest absolute Gasteiger partial charge is 0.484 e. The predicted octanol–water partition coefficient (Wildman–Crippen LogP) is 1.87. The van der Waals surface area contributed by atoms with Crippen LogP contribution in [0.15, 0.2) is 33.9 Å². The van der Waals surface area contributed by atoms with Crippen molar-refractivity contribution in [3.05, 3.63) is 29.0 Å². The molecule has 0 spiro atoms. The lowest BCUT2D eigenvalue weighted by Crippen LogP contribution is -2.16. The Hall–Kier alpha value is -2.07. The van der Waals surface area contributed by atoms with Gasteiger partial charge in [0.15, 0.2) is 21.3 Å². The molecule has 0 saturated carbocycles. The maximum absolute atomic E-state index is 11.2. The van der Waals surface area contributed by atoms with Crippen LogP contribution in [-0.2, 0) is 9.84 Å². The molecule has 0 atom stereocenters. The van der Waals surface area contributed by atoms with Crippen molar-refractivity contribution < 1.29 is 27.4 Å². The van der Waals surface area contributed by atoms with E-state index in [4.69, 9.17) is 18.9 Å². The average Bonchev–Trinajstić information content (AvgIpc) is 2.61. The average molecular weight is 431 g/mol. The Morgan fingerprint density at radius 3 is 2.00 bits per heavy atom. The van der Waals surface area contributed by atoms with Gasteiger partial charge in [0.1, 0.15) is 26.4 Å². The van der Waals surface area contributed by atoms with Crippen molar-refractivity contribution in [2.75, 3.05) is 32.7 Å². The second-order valence-electron chi connectivity index (χ2n) is 5.10. The number of aromatic nitrogens is 2. The van der Waals surface area contributed by atoms with Gasteiger partial charge >= 0.3 is 0 Å². The molecule has 0 aliphatic carbocycles. The fourth-order valence-electron chi connectivity index (χ4n) is 2.03. The summed E-state index contributed by atoms with van der Waals surface area (Å²) in [5.41, 5.74) is 0. The highest BCUT2D eigenvalue weighted by atomic mass is 79.9. The molecule has 25 heavy (non-hydrogen) atoms. The minimum absolute atomic E-state index is 0.141. The number of nitrogens with zero attached hydrogens (tertiary/aromatic N) is 2. The normalized spacial score (nSPS) is 15.0. The molecule has 0 fully saturated rings. The van der Waals surface area contributed by atoms with Gasteiger partial charge in [0.25, 0.3) is 11.8 Å². The number of ether oxygens (including phenoxy) is 4. The van der Waals surface area contributed by atoms with Crippen LogP contribution >= 0.6 is 15.9 Å². The first-order valence-corrected chi connectivity index (χ1v) is 9.99. The molecule has 0 saturated heterocycles. The minimum Gasteiger partial charge on any atom is -0.484 e. The van der Waals surface area contributed by atoms with Crippen LogP contribution in [0, 0.1) is 0 Å². The molecule has 0 aromatic carbocycles. The fourth-order valence-corrected chi connectivity index (χ4v) is 2.90. The van der Waals surface area contributed by atoms with Crippen molar-refractivity contribution in [3.63, 3.8) is 0 Å². The molecular formula is C15H15BrN2O6S. The second-order valence-corrected chi connectivity index (χ2v) is 8.03. The third-order valence-electron chi connectivity index (χ3n) is 3.17. The molecule has 4 heterocycles. The molecule has 0 unspecified atom stereocenters. The predicted molar refractivity (Wildman–Crippen MR) is 91.3 cm³/mol. The van der Waals surface area contributed by atoms with E-state index in [0.717, 1.165) is 10.7 Å². The first-order chi connectivity index (χ1) is 11.9. The van der Waals surface area contributed by atoms with Gasteiger partial charge in [-0.3, -0.25) is 0 Å². The summed E-state index contributed by atoms with van der Waals surface area (Å²) in [4.78, 5) is 8.02. The summed E-state index contributed by atoms with van der Waals surface area (Å²) in [6.07, 6.45) is 4.08. The Bertz CT molecular complexity index is 874. The Morgan fingerprint density at radius 1 is 0.880 bits per heavy atom. The molecule has 0 radical (unpaired) electrons. The topological polar surface area (TPSA) is 96.8 Å². The second kappa shape index (κ2) is 7.44. The van der Waals surface area contributed by atoms with Crippen LogP contribution in [0.5, 0.6) is 23.3 Å². The van der Waals surface area contributed by atoms with Crippen LogP contribution < -0.4 is 18.9 Å². The van der Waals surface area contributed by atoms with Crippen molar-refractivity contribution in [3.8, 4) is 23.3 Å². The van der Waals surface area contributed by atoms with Gasteiger partial charge in [-0.15, -0.1) is 0 Å². The summed E-state index contributed by atoms with van der Waals surface area (Å²) in [7, 11) is -3.23. The maximum atomic E-state index is 11.2.